The molecule has 3 rings (SSSR count). The third kappa shape index (κ3) is 6.36. The largest absolute Gasteiger partial charge is 0.493 e. The fraction of sp³-hybridized carbons (Fsp3) is 0.296. The second-order valence-electron chi connectivity index (χ2n) is 8.34. The van der Waals surface area contributed by atoms with Crippen molar-refractivity contribution in [2.45, 2.75) is 39.9 Å². The van der Waals surface area contributed by atoms with Crippen LogP contribution in [0.25, 0.3) is 5.57 Å². The van der Waals surface area contributed by atoms with Gasteiger partial charge in [-0.2, -0.15) is 13.2 Å². The van der Waals surface area contributed by atoms with Gasteiger partial charge in [-0.15, -0.1) is 0 Å². The summed E-state index contributed by atoms with van der Waals surface area (Å²) in [6.45, 7) is 6.07. The number of anilines is 2. The number of carbonyl (C=O) groups excluding carboxylic acids is 1. The number of amides is 1. The van der Waals surface area contributed by atoms with Crippen molar-refractivity contribution < 1.29 is 27.4 Å². The molecule has 0 bridgehead atoms. The smallest absolute Gasteiger partial charge is 0.416 e. The Bertz CT molecular complexity index is 1340. The van der Waals surface area contributed by atoms with Crippen LogP contribution >= 0.6 is 11.6 Å². The number of allylic oxidation sites excluding steroid dienone is 2. The molecule has 2 aromatic heterocycles. The van der Waals surface area contributed by atoms with Gasteiger partial charge in [0, 0.05) is 29.7 Å². The molecule has 3 aromatic rings. The lowest BCUT2D eigenvalue weighted by atomic mass is 9.99. The van der Waals surface area contributed by atoms with Crippen molar-refractivity contribution in [3.05, 3.63) is 75.7 Å². The van der Waals surface area contributed by atoms with Gasteiger partial charge in [0.2, 0.25) is 0 Å². The lowest BCUT2D eigenvalue weighted by molar-refractivity contribution is -0.137. The first-order chi connectivity index (χ1) is 18.0. The zero-order valence-corrected chi connectivity index (χ0v) is 22.3. The number of methoxy groups -OCH3 is 2. The highest BCUT2D eigenvalue weighted by Crippen LogP contribution is 2.36. The van der Waals surface area contributed by atoms with Gasteiger partial charge in [0.1, 0.15) is 11.5 Å². The number of nitrogens with one attached hydrogen (secondary N) is 2. The third-order valence-corrected chi connectivity index (χ3v) is 6.46. The van der Waals surface area contributed by atoms with E-state index in [1.807, 2.05) is 20.8 Å². The Morgan fingerprint density at radius 3 is 2.32 bits per heavy atom. The minimum atomic E-state index is -4.47. The summed E-state index contributed by atoms with van der Waals surface area (Å²) < 4.78 is 49.4. The zero-order chi connectivity index (χ0) is 28.0. The predicted molar refractivity (Wildman–Crippen MR) is 142 cm³/mol. The van der Waals surface area contributed by atoms with Gasteiger partial charge >= 0.3 is 6.18 Å². The van der Waals surface area contributed by atoms with E-state index in [4.69, 9.17) is 21.1 Å². The topological polar surface area (TPSA) is 85.4 Å². The number of alkyl halides is 3. The quantitative estimate of drug-likeness (QED) is 0.293. The number of pyridine rings is 2. The molecular weight excluding hydrogens is 521 g/mol. The molecule has 0 spiro atoms. The maximum Gasteiger partial charge on any atom is 0.416 e. The van der Waals surface area contributed by atoms with Crippen LogP contribution in [0.4, 0.5) is 24.7 Å². The van der Waals surface area contributed by atoms with Gasteiger partial charge in [-0.1, -0.05) is 24.1 Å². The van der Waals surface area contributed by atoms with E-state index in [1.165, 1.54) is 32.5 Å². The van der Waals surface area contributed by atoms with Crippen molar-refractivity contribution in [1.29, 1.82) is 0 Å². The molecule has 0 radical (unpaired) electrons. The summed E-state index contributed by atoms with van der Waals surface area (Å²) in [6, 6.07) is 5.84. The van der Waals surface area contributed by atoms with Crippen LogP contribution in [-0.4, -0.2) is 30.1 Å². The number of rotatable bonds is 9. The number of carbonyl (C=O) groups is 1. The van der Waals surface area contributed by atoms with E-state index < -0.39 is 17.6 Å². The molecule has 0 unspecified atom stereocenters. The summed E-state index contributed by atoms with van der Waals surface area (Å²) in [4.78, 5) is 21.9. The third-order valence-electron chi connectivity index (χ3n) is 6.07. The van der Waals surface area contributed by atoms with Crippen molar-refractivity contribution >= 4 is 34.6 Å². The van der Waals surface area contributed by atoms with Crippen molar-refractivity contribution in [3.63, 3.8) is 0 Å². The normalized spacial score (nSPS) is 12.0. The van der Waals surface area contributed by atoms with Crippen molar-refractivity contribution in [2.24, 2.45) is 0 Å². The highest BCUT2D eigenvalue weighted by Gasteiger charge is 2.30. The molecule has 0 aliphatic carbocycles. The Balaban J connectivity index is 1.96. The summed E-state index contributed by atoms with van der Waals surface area (Å²) in [7, 11) is 3.05. The molecule has 0 saturated heterocycles. The fourth-order valence-electron chi connectivity index (χ4n) is 3.69. The number of nitrogens with zero attached hydrogens (tertiary/aromatic N) is 2. The minimum Gasteiger partial charge on any atom is -0.493 e. The first-order valence-corrected chi connectivity index (χ1v) is 12.0. The minimum absolute atomic E-state index is 0.0763. The van der Waals surface area contributed by atoms with Gasteiger partial charge in [0.05, 0.1) is 36.9 Å². The number of hydrogen-bond acceptors (Lipinski definition) is 6. The standard InChI is InChI=1S/C27H28ClF3N4O3/c1-6-15(2)16(3)22-23(28)19(26(36)35-18-9-7-17(8-10-18)27(29,30)31)13-33-25(22)34-14-20-24(38-5)21(37-4)11-12-32-20/h7-13H,6,14H2,1-5H3,(H,33,34)(H,35,36). The van der Waals surface area contributed by atoms with Crippen LogP contribution in [0.2, 0.25) is 5.02 Å². The zero-order valence-electron chi connectivity index (χ0n) is 21.6. The van der Waals surface area contributed by atoms with Gasteiger partial charge in [-0.3, -0.25) is 9.78 Å². The van der Waals surface area contributed by atoms with Crippen molar-refractivity contribution in [1.82, 2.24) is 9.97 Å². The first-order valence-electron chi connectivity index (χ1n) is 11.6. The lowest BCUT2D eigenvalue weighted by Gasteiger charge is -2.18. The highest BCUT2D eigenvalue weighted by atomic mass is 35.5. The molecule has 38 heavy (non-hydrogen) atoms. The molecule has 1 aromatic carbocycles. The highest BCUT2D eigenvalue weighted by molar-refractivity contribution is 6.36. The lowest BCUT2D eigenvalue weighted by Crippen LogP contribution is -2.15. The summed E-state index contributed by atoms with van der Waals surface area (Å²) in [5.41, 5.74) is 2.44. The molecule has 0 atom stereocenters. The Labute approximate surface area is 224 Å². The predicted octanol–water partition coefficient (Wildman–Crippen LogP) is 7.23. The number of hydrogen-bond donors (Lipinski definition) is 2. The molecule has 7 nitrogen and oxygen atoms in total. The molecule has 0 saturated carbocycles. The molecule has 0 fully saturated rings. The summed E-state index contributed by atoms with van der Waals surface area (Å²) in [5, 5.41) is 5.97. The average Bonchev–Trinajstić information content (AvgIpc) is 2.90. The van der Waals surface area contributed by atoms with E-state index in [1.54, 1.807) is 12.3 Å². The monoisotopic (exact) mass is 548 g/mol. The second kappa shape index (κ2) is 12.2. The van der Waals surface area contributed by atoms with Crippen LogP contribution in [-0.2, 0) is 12.7 Å². The summed E-state index contributed by atoms with van der Waals surface area (Å²) >= 11 is 6.76. The molecule has 11 heteroatoms. The van der Waals surface area contributed by atoms with Gasteiger partial charge < -0.3 is 20.1 Å². The van der Waals surface area contributed by atoms with E-state index in [0.29, 0.717) is 28.6 Å². The summed E-state index contributed by atoms with van der Waals surface area (Å²) in [6.07, 6.45) is -0.813. The van der Waals surface area contributed by atoms with E-state index >= 15 is 0 Å². The van der Waals surface area contributed by atoms with Crippen LogP contribution in [0.5, 0.6) is 11.5 Å². The van der Waals surface area contributed by atoms with E-state index in [-0.39, 0.29) is 22.8 Å². The number of benzene rings is 1. The van der Waals surface area contributed by atoms with Gasteiger partial charge in [-0.05, 0) is 50.1 Å². The van der Waals surface area contributed by atoms with Crippen LogP contribution in [0.15, 0.2) is 48.3 Å². The van der Waals surface area contributed by atoms with E-state index in [2.05, 4.69) is 20.6 Å². The molecule has 0 aliphatic heterocycles. The number of ether oxygens (including phenoxy) is 2. The van der Waals surface area contributed by atoms with Crippen LogP contribution in [0.3, 0.4) is 0 Å². The SMILES string of the molecule is CCC(C)=C(C)c1c(NCc2nccc(OC)c2OC)ncc(C(=O)Nc2ccc(C(F)(F)F)cc2)c1Cl. The maximum absolute atomic E-state index is 13.0. The van der Waals surface area contributed by atoms with Crippen LogP contribution < -0.4 is 20.1 Å². The molecule has 2 heterocycles. The Morgan fingerprint density at radius 1 is 1.05 bits per heavy atom. The van der Waals surface area contributed by atoms with E-state index in [9.17, 15) is 18.0 Å². The number of halogens is 4. The van der Waals surface area contributed by atoms with Crippen molar-refractivity contribution in [2.75, 3.05) is 24.9 Å². The fourth-order valence-corrected chi connectivity index (χ4v) is 4.05. The molecule has 0 aliphatic rings. The van der Waals surface area contributed by atoms with E-state index in [0.717, 1.165) is 29.7 Å². The van der Waals surface area contributed by atoms with Gasteiger partial charge in [0.25, 0.3) is 5.91 Å². The number of aromatic nitrogens is 2. The van der Waals surface area contributed by atoms with Crippen LogP contribution in [0.1, 0.15) is 54.4 Å². The second-order valence-corrected chi connectivity index (χ2v) is 8.72. The van der Waals surface area contributed by atoms with Gasteiger partial charge in [-0.25, -0.2) is 4.98 Å². The molecule has 1 amide bonds. The van der Waals surface area contributed by atoms with Crippen molar-refractivity contribution in [3.8, 4) is 11.5 Å². The molecule has 2 N–H and O–H groups in total. The molecular formula is C27H28ClF3N4O3. The average molecular weight is 549 g/mol. The van der Waals surface area contributed by atoms with Crippen LogP contribution in [0, 0.1) is 0 Å². The maximum atomic E-state index is 13.0. The first kappa shape index (κ1) is 28.8. The summed E-state index contributed by atoms with van der Waals surface area (Å²) in [5.74, 6) is 0.824. The molecule has 202 valence electrons. The van der Waals surface area contributed by atoms with Gasteiger partial charge in [0.15, 0.2) is 11.5 Å². The Morgan fingerprint density at radius 2 is 1.74 bits per heavy atom. The Kier molecular flexibility index (Phi) is 9.22. The Hall–Kier alpha value is -3.79.